The molecule has 1 aliphatic heterocycles. The van der Waals surface area contributed by atoms with Gasteiger partial charge in [0, 0.05) is 17.3 Å². The summed E-state index contributed by atoms with van der Waals surface area (Å²) in [6, 6.07) is 17.9. The minimum atomic E-state index is -0.658. The van der Waals surface area contributed by atoms with Crippen molar-refractivity contribution in [2.45, 2.75) is 0 Å². The molecule has 0 aromatic heterocycles. The molecule has 0 radical (unpaired) electrons. The first-order valence-corrected chi connectivity index (χ1v) is 11.1. The lowest BCUT2D eigenvalue weighted by atomic mass is 10.1. The molecule has 0 aliphatic carbocycles. The molecule has 3 amide bonds. The third kappa shape index (κ3) is 4.82. The summed E-state index contributed by atoms with van der Waals surface area (Å²) < 4.78 is 15.6. The molecule has 184 valence electrons. The Bertz CT molecular complexity index is 1370. The first-order chi connectivity index (χ1) is 17.4. The van der Waals surface area contributed by atoms with E-state index in [0.29, 0.717) is 39.9 Å². The molecular weight excluding hydrogens is 486 g/mol. The summed E-state index contributed by atoms with van der Waals surface area (Å²) in [7, 11) is 4.54. The van der Waals surface area contributed by atoms with E-state index in [-0.39, 0.29) is 10.7 Å². The first-order valence-electron chi connectivity index (χ1n) is 10.7. The van der Waals surface area contributed by atoms with Gasteiger partial charge in [0.25, 0.3) is 17.7 Å². The molecule has 10 heteroatoms. The van der Waals surface area contributed by atoms with Gasteiger partial charge in [-0.2, -0.15) is 0 Å². The highest BCUT2D eigenvalue weighted by atomic mass is 35.5. The molecule has 0 saturated carbocycles. The van der Waals surface area contributed by atoms with Crippen LogP contribution in [0.25, 0.3) is 0 Å². The van der Waals surface area contributed by atoms with E-state index in [2.05, 4.69) is 10.6 Å². The second-order valence-electron chi connectivity index (χ2n) is 7.56. The fraction of sp³-hybridized carbons (Fsp3) is 0.115. The fourth-order valence-electron chi connectivity index (χ4n) is 3.56. The molecule has 9 nitrogen and oxygen atoms in total. The molecule has 3 aromatic rings. The van der Waals surface area contributed by atoms with Crippen molar-refractivity contribution in [1.82, 2.24) is 0 Å². The van der Waals surface area contributed by atoms with Crippen LogP contribution >= 0.6 is 11.6 Å². The van der Waals surface area contributed by atoms with Crippen molar-refractivity contribution in [2.24, 2.45) is 0 Å². The Hall–Kier alpha value is -4.50. The zero-order valence-corrected chi connectivity index (χ0v) is 20.4. The summed E-state index contributed by atoms with van der Waals surface area (Å²) in [6.07, 6.45) is 0. The zero-order chi connectivity index (χ0) is 25.8. The van der Waals surface area contributed by atoms with Crippen LogP contribution in [0.1, 0.15) is 10.4 Å². The van der Waals surface area contributed by atoms with Crippen molar-refractivity contribution in [3.63, 3.8) is 0 Å². The SMILES string of the molecule is COc1ccc(N2C(=O)C(Cl)=C(Nc3cccc(C(=O)Nc4ccc(OC)cc4OC)c3)C2=O)cc1. The summed E-state index contributed by atoms with van der Waals surface area (Å²) in [4.78, 5) is 39.6. The minimum absolute atomic E-state index is 0.0909. The number of hydrogen-bond donors (Lipinski definition) is 2. The van der Waals surface area contributed by atoms with Gasteiger partial charge in [0.05, 0.1) is 32.7 Å². The maximum Gasteiger partial charge on any atom is 0.283 e. The Labute approximate surface area is 212 Å². The van der Waals surface area contributed by atoms with Gasteiger partial charge in [-0.15, -0.1) is 0 Å². The number of amides is 3. The number of nitrogens with one attached hydrogen (secondary N) is 2. The van der Waals surface area contributed by atoms with Crippen LogP contribution in [-0.2, 0) is 9.59 Å². The molecule has 0 fully saturated rings. The number of carbonyl (C=O) groups excluding carboxylic acids is 3. The third-order valence-electron chi connectivity index (χ3n) is 5.41. The van der Waals surface area contributed by atoms with Crippen molar-refractivity contribution in [3.05, 3.63) is 83.0 Å². The number of ether oxygens (including phenoxy) is 3. The predicted molar refractivity (Wildman–Crippen MR) is 136 cm³/mol. The van der Waals surface area contributed by atoms with E-state index in [1.807, 2.05) is 0 Å². The van der Waals surface area contributed by atoms with Gasteiger partial charge in [0.15, 0.2) is 0 Å². The fourth-order valence-corrected chi connectivity index (χ4v) is 3.77. The van der Waals surface area contributed by atoms with Gasteiger partial charge in [-0.3, -0.25) is 14.4 Å². The van der Waals surface area contributed by atoms with Crippen molar-refractivity contribution in [1.29, 1.82) is 0 Å². The summed E-state index contributed by atoms with van der Waals surface area (Å²) in [5.74, 6) is -0.0837. The van der Waals surface area contributed by atoms with Crippen LogP contribution < -0.4 is 29.7 Å². The second kappa shape index (κ2) is 10.4. The number of imide groups is 1. The van der Waals surface area contributed by atoms with Gasteiger partial charge in [-0.25, -0.2) is 4.90 Å². The maximum atomic E-state index is 13.0. The number of methoxy groups -OCH3 is 3. The van der Waals surface area contributed by atoms with Crippen LogP contribution in [0.3, 0.4) is 0 Å². The van der Waals surface area contributed by atoms with Crippen molar-refractivity contribution < 1.29 is 28.6 Å². The van der Waals surface area contributed by atoms with E-state index in [4.69, 9.17) is 25.8 Å². The predicted octanol–water partition coefficient (Wildman–Crippen LogP) is 4.40. The molecule has 0 atom stereocenters. The summed E-state index contributed by atoms with van der Waals surface area (Å²) >= 11 is 6.22. The normalized spacial score (nSPS) is 13.1. The van der Waals surface area contributed by atoms with Crippen LogP contribution in [0.2, 0.25) is 0 Å². The van der Waals surface area contributed by atoms with Crippen LogP contribution in [0.4, 0.5) is 17.1 Å². The van der Waals surface area contributed by atoms with Crippen LogP contribution in [-0.4, -0.2) is 39.1 Å². The molecule has 0 bridgehead atoms. The molecule has 0 saturated heterocycles. The number of halogens is 1. The van der Waals surface area contributed by atoms with E-state index in [0.717, 1.165) is 4.90 Å². The highest BCUT2D eigenvalue weighted by Crippen LogP contribution is 2.32. The Morgan fingerprint density at radius 2 is 1.53 bits per heavy atom. The van der Waals surface area contributed by atoms with Gasteiger partial charge in [-0.1, -0.05) is 17.7 Å². The van der Waals surface area contributed by atoms with E-state index in [1.54, 1.807) is 60.7 Å². The van der Waals surface area contributed by atoms with Gasteiger partial charge in [0.2, 0.25) is 0 Å². The lowest BCUT2D eigenvalue weighted by Crippen LogP contribution is -2.32. The first kappa shape index (κ1) is 24.6. The molecular formula is C26H22ClN3O6. The molecule has 3 aromatic carbocycles. The van der Waals surface area contributed by atoms with E-state index < -0.39 is 17.7 Å². The summed E-state index contributed by atoms with van der Waals surface area (Å²) in [6.45, 7) is 0. The third-order valence-corrected chi connectivity index (χ3v) is 5.76. The van der Waals surface area contributed by atoms with E-state index >= 15 is 0 Å². The van der Waals surface area contributed by atoms with Crippen LogP contribution in [0.15, 0.2) is 77.5 Å². The van der Waals surface area contributed by atoms with Crippen LogP contribution in [0, 0.1) is 0 Å². The average Bonchev–Trinajstić information content (AvgIpc) is 3.12. The number of anilines is 3. The lowest BCUT2D eigenvalue weighted by molar-refractivity contribution is -0.120. The van der Waals surface area contributed by atoms with Gasteiger partial charge >= 0.3 is 0 Å². The summed E-state index contributed by atoms with van der Waals surface area (Å²) in [5, 5.41) is 5.41. The molecule has 1 aliphatic rings. The Morgan fingerprint density at radius 3 is 2.19 bits per heavy atom. The Kier molecular flexibility index (Phi) is 7.12. The molecule has 0 unspecified atom stereocenters. The quantitative estimate of drug-likeness (QED) is 0.435. The number of nitrogens with zero attached hydrogens (tertiary/aromatic N) is 1. The lowest BCUT2D eigenvalue weighted by Gasteiger charge is -2.15. The molecule has 0 spiro atoms. The van der Waals surface area contributed by atoms with Gasteiger partial charge < -0.3 is 24.8 Å². The molecule has 4 rings (SSSR count). The number of carbonyl (C=O) groups is 3. The maximum absolute atomic E-state index is 13.0. The topological polar surface area (TPSA) is 106 Å². The Morgan fingerprint density at radius 1 is 0.833 bits per heavy atom. The summed E-state index contributed by atoms with van der Waals surface area (Å²) in [5.41, 5.74) is 1.42. The largest absolute Gasteiger partial charge is 0.497 e. The molecule has 36 heavy (non-hydrogen) atoms. The van der Waals surface area contributed by atoms with E-state index in [9.17, 15) is 14.4 Å². The molecule has 2 N–H and O–H groups in total. The smallest absolute Gasteiger partial charge is 0.283 e. The van der Waals surface area contributed by atoms with Crippen molar-refractivity contribution in [3.8, 4) is 17.2 Å². The monoisotopic (exact) mass is 507 g/mol. The van der Waals surface area contributed by atoms with Gasteiger partial charge in [0.1, 0.15) is 28.0 Å². The van der Waals surface area contributed by atoms with Crippen LogP contribution in [0.5, 0.6) is 17.2 Å². The highest BCUT2D eigenvalue weighted by Gasteiger charge is 2.39. The number of hydrogen-bond acceptors (Lipinski definition) is 7. The standard InChI is InChI=1S/C26H22ClN3O6/c1-34-18-9-7-17(8-10-18)30-25(32)22(27)23(26(30)33)28-16-6-4-5-15(13-16)24(31)29-20-12-11-19(35-2)14-21(20)36-3/h4-14,28H,1-3H3,(H,29,31). The van der Waals surface area contributed by atoms with Crippen molar-refractivity contribution in [2.75, 3.05) is 36.9 Å². The van der Waals surface area contributed by atoms with Crippen molar-refractivity contribution >= 4 is 46.4 Å². The average molecular weight is 508 g/mol. The minimum Gasteiger partial charge on any atom is -0.497 e. The molecule has 1 heterocycles. The Balaban J connectivity index is 1.52. The number of benzene rings is 3. The second-order valence-corrected chi connectivity index (χ2v) is 7.94. The number of rotatable bonds is 8. The van der Waals surface area contributed by atoms with Gasteiger partial charge in [-0.05, 0) is 54.6 Å². The zero-order valence-electron chi connectivity index (χ0n) is 19.6. The van der Waals surface area contributed by atoms with E-state index in [1.165, 1.54) is 27.4 Å². The highest BCUT2D eigenvalue weighted by molar-refractivity contribution is 6.53.